The molecule has 4 aliphatic heterocycles. The van der Waals surface area contributed by atoms with Crippen LogP contribution >= 0.6 is 0 Å². The SMILES string of the molecule is C=Cc1ccc(C(=O)N2C[C@@H](c3ccc(OC)cc3)[C@@H]3[C@H]2C2CCN3CC2)cc1. The number of likely N-dealkylation sites (tertiary alicyclic amines) is 1. The topological polar surface area (TPSA) is 32.8 Å². The number of fused-ring (bicyclic) bond motifs is 2. The second-order valence-electron chi connectivity index (χ2n) is 8.52. The zero-order valence-electron chi connectivity index (χ0n) is 17.0. The van der Waals surface area contributed by atoms with Crippen LogP contribution in [0.15, 0.2) is 55.1 Å². The number of piperidine rings is 3. The molecule has 4 nitrogen and oxygen atoms in total. The maximum atomic E-state index is 13.5. The van der Waals surface area contributed by atoms with Crippen molar-refractivity contribution in [2.45, 2.75) is 30.8 Å². The van der Waals surface area contributed by atoms with Crippen molar-refractivity contribution in [3.8, 4) is 5.75 Å². The van der Waals surface area contributed by atoms with Gasteiger partial charge < -0.3 is 9.64 Å². The van der Waals surface area contributed by atoms with Gasteiger partial charge in [-0.25, -0.2) is 0 Å². The van der Waals surface area contributed by atoms with Crippen LogP contribution in [0.2, 0.25) is 0 Å². The Balaban J connectivity index is 1.48. The summed E-state index contributed by atoms with van der Waals surface area (Å²) in [7, 11) is 1.70. The molecule has 4 fully saturated rings. The molecule has 2 bridgehead atoms. The van der Waals surface area contributed by atoms with E-state index in [1.54, 1.807) is 7.11 Å². The summed E-state index contributed by atoms with van der Waals surface area (Å²) in [6.45, 7) is 6.92. The van der Waals surface area contributed by atoms with Crippen molar-refractivity contribution in [1.29, 1.82) is 0 Å². The van der Waals surface area contributed by atoms with E-state index in [-0.39, 0.29) is 5.91 Å². The van der Waals surface area contributed by atoms with Crippen LogP contribution < -0.4 is 4.74 Å². The van der Waals surface area contributed by atoms with Gasteiger partial charge in [0.2, 0.25) is 0 Å². The minimum Gasteiger partial charge on any atom is -0.497 e. The number of nitrogens with zero attached hydrogens (tertiary/aromatic N) is 2. The summed E-state index contributed by atoms with van der Waals surface area (Å²) in [5, 5.41) is 0. The van der Waals surface area contributed by atoms with E-state index in [0.29, 0.717) is 23.9 Å². The Morgan fingerprint density at radius 3 is 2.34 bits per heavy atom. The number of hydrogen-bond acceptors (Lipinski definition) is 3. The van der Waals surface area contributed by atoms with Crippen molar-refractivity contribution in [3.63, 3.8) is 0 Å². The molecule has 2 aromatic carbocycles. The monoisotopic (exact) mass is 388 g/mol. The van der Waals surface area contributed by atoms with E-state index in [0.717, 1.165) is 36.5 Å². The molecule has 0 spiro atoms. The van der Waals surface area contributed by atoms with Crippen molar-refractivity contribution in [1.82, 2.24) is 9.80 Å². The van der Waals surface area contributed by atoms with Gasteiger partial charge in [-0.05, 0) is 67.2 Å². The Bertz CT molecular complexity index is 897. The first kappa shape index (κ1) is 18.4. The lowest BCUT2D eigenvalue weighted by Gasteiger charge is -2.51. The standard InChI is InChI=1S/C25H28N2O2/c1-3-17-4-6-20(7-5-17)25(28)27-16-22(18-8-10-21(29-2)11-9-18)24-23(27)19-12-14-26(24)15-13-19/h3-11,19,22-24H,1,12-16H2,2H3/t22-,23+,24+/m0/s1. The fourth-order valence-corrected chi connectivity index (χ4v) is 5.73. The van der Waals surface area contributed by atoms with Gasteiger partial charge in [0.15, 0.2) is 0 Å². The fourth-order valence-electron chi connectivity index (χ4n) is 5.73. The third kappa shape index (κ3) is 3.06. The third-order valence-corrected chi connectivity index (χ3v) is 7.19. The van der Waals surface area contributed by atoms with E-state index >= 15 is 0 Å². The molecule has 0 saturated carbocycles. The van der Waals surface area contributed by atoms with Gasteiger partial charge in [-0.1, -0.05) is 36.9 Å². The van der Waals surface area contributed by atoms with Crippen molar-refractivity contribution in [3.05, 3.63) is 71.8 Å². The molecule has 150 valence electrons. The molecule has 1 amide bonds. The van der Waals surface area contributed by atoms with Gasteiger partial charge in [0.25, 0.3) is 5.91 Å². The number of benzene rings is 2. The zero-order chi connectivity index (χ0) is 20.0. The summed E-state index contributed by atoms with van der Waals surface area (Å²) < 4.78 is 5.34. The van der Waals surface area contributed by atoms with E-state index in [4.69, 9.17) is 4.74 Å². The zero-order valence-corrected chi connectivity index (χ0v) is 17.0. The number of carbonyl (C=O) groups is 1. The van der Waals surface area contributed by atoms with Crippen LogP contribution in [0.4, 0.5) is 0 Å². The Kier molecular flexibility index (Phi) is 4.67. The lowest BCUT2D eigenvalue weighted by atomic mass is 9.75. The number of ether oxygens (including phenoxy) is 1. The molecule has 0 N–H and O–H groups in total. The highest BCUT2D eigenvalue weighted by Crippen LogP contribution is 2.47. The first-order valence-electron chi connectivity index (χ1n) is 10.6. The number of amides is 1. The van der Waals surface area contributed by atoms with Gasteiger partial charge in [-0.2, -0.15) is 0 Å². The van der Waals surface area contributed by atoms with E-state index in [9.17, 15) is 4.79 Å². The van der Waals surface area contributed by atoms with Crippen molar-refractivity contribution in [2.75, 3.05) is 26.7 Å². The Hall–Kier alpha value is -2.59. The Morgan fingerprint density at radius 1 is 1.03 bits per heavy atom. The molecule has 0 unspecified atom stereocenters. The van der Waals surface area contributed by atoms with E-state index < -0.39 is 0 Å². The van der Waals surface area contributed by atoms with Gasteiger partial charge in [0, 0.05) is 24.1 Å². The molecular formula is C25H28N2O2. The average molecular weight is 389 g/mol. The van der Waals surface area contributed by atoms with Crippen LogP contribution in [0.3, 0.4) is 0 Å². The molecule has 6 rings (SSSR count). The second-order valence-corrected chi connectivity index (χ2v) is 8.52. The first-order valence-corrected chi connectivity index (χ1v) is 10.6. The minimum absolute atomic E-state index is 0.167. The predicted octanol–water partition coefficient (Wildman–Crippen LogP) is 4.04. The fraction of sp³-hybridized carbons (Fsp3) is 0.400. The molecule has 3 atom stereocenters. The van der Waals surface area contributed by atoms with Gasteiger partial charge in [0.05, 0.1) is 13.2 Å². The number of rotatable bonds is 4. The van der Waals surface area contributed by atoms with E-state index in [1.165, 1.54) is 18.4 Å². The smallest absolute Gasteiger partial charge is 0.254 e. The maximum Gasteiger partial charge on any atom is 0.254 e. The largest absolute Gasteiger partial charge is 0.497 e. The first-order chi connectivity index (χ1) is 14.2. The van der Waals surface area contributed by atoms with Crippen LogP contribution in [0.1, 0.15) is 40.2 Å². The summed E-state index contributed by atoms with van der Waals surface area (Å²) in [5.41, 5.74) is 3.13. The third-order valence-electron chi connectivity index (χ3n) is 7.19. The summed E-state index contributed by atoms with van der Waals surface area (Å²) >= 11 is 0. The summed E-state index contributed by atoms with van der Waals surface area (Å²) in [5.74, 6) is 2.01. The maximum absolute atomic E-state index is 13.5. The van der Waals surface area contributed by atoms with Crippen LogP contribution in [-0.2, 0) is 0 Å². The van der Waals surface area contributed by atoms with Crippen molar-refractivity contribution >= 4 is 12.0 Å². The van der Waals surface area contributed by atoms with Crippen molar-refractivity contribution in [2.24, 2.45) is 5.92 Å². The van der Waals surface area contributed by atoms with E-state index in [1.807, 2.05) is 42.5 Å². The molecule has 4 heteroatoms. The molecule has 4 aliphatic rings. The molecule has 0 aliphatic carbocycles. The van der Waals surface area contributed by atoms with Gasteiger partial charge in [-0.15, -0.1) is 0 Å². The number of methoxy groups -OCH3 is 1. The normalized spacial score (nSPS) is 30.1. The molecule has 4 saturated heterocycles. The lowest BCUT2D eigenvalue weighted by molar-refractivity contribution is -0.00340. The average Bonchev–Trinajstić information content (AvgIpc) is 3.22. The van der Waals surface area contributed by atoms with E-state index in [2.05, 4.69) is 28.5 Å². The summed E-state index contributed by atoms with van der Waals surface area (Å²) in [6.07, 6.45) is 4.22. The number of carbonyl (C=O) groups excluding carboxylic acids is 1. The highest BCUT2D eigenvalue weighted by Gasteiger charge is 2.54. The minimum atomic E-state index is 0.167. The Labute approximate surface area is 172 Å². The van der Waals surface area contributed by atoms with Crippen LogP contribution in [0, 0.1) is 5.92 Å². The molecule has 2 aromatic rings. The van der Waals surface area contributed by atoms with Crippen molar-refractivity contribution < 1.29 is 9.53 Å². The molecule has 4 heterocycles. The molecule has 0 aromatic heterocycles. The molecule has 0 radical (unpaired) electrons. The van der Waals surface area contributed by atoms with Gasteiger partial charge in [0.1, 0.15) is 5.75 Å². The quantitative estimate of drug-likeness (QED) is 0.792. The predicted molar refractivity (Wildman–Crippen MR) is 115 cm³/mol. The molecule has 29 heavy (non-hydrogen) atoms. The van der Waals surface area contributed by atoms with Gasteiger partial charge in [-0.3, -0.25) is 9.69 Å². The van der Waals surface area contributed by atoms with Crippen LogP contribution in [-0.4, -0.2) is 54.5 Å². The Morgan fingerprint density at radius 2 is 1.72 bits per heavy atom. The highest BCUT2D eigenvalue weighted by atomic mass is 16.5. The lowest BCUT2D eigenvalue weighted by Crippen LogP contribution is -2.60. The van der Waals surface area contributed by atoms with Crippen LogP contribution in [0.25, 0.3) is 6.08 Å². The summed E-state index contributed by atoms with van der Waals surface area (Å²) in [6, 6.07) is 17.0. The second kappa shape index (κ2) is 7.34. The molecular weight excluding hydrogens is 360 g/mol. The van der Waals surface area contributed by atoms with Crippen LogP contribution in [0.5, 0.6) is 5.75 Å². The summed E-state index contributed by atoms with van der Waals surface area (Å²) in [4.78, 5) is 18.3. The number of hydrogen-bond donors (Lipinski definition) is 0. The van der Waals surface area contributed by atoms with Gasteiger partial charge >= 0.3 is 0 Å². The highest BCUT2D eigenvalue weighted by molar-refractivity contribution is 5.95.